The van der Waals surface area contributed by atoms with Crippen molar-refractivity contribution in [3.8, 4) is 22.3 Å². The Kier molecular flexibility index (Phi) is 7.49. The molecule has 0 aromatic heterocycles. The lowest BCUT2D eigenvalue weighted by molar-refractivity contribution is -0.0945. The fourth-order valence-electron chi connectivity index (χ4n) is 6.94. The van der Waals surface area contributed by atoms with Gasteiger partial charge in [-0.2, -0.15) is 26.3 Å². The van der Waals surface area contributed by atoms with Crippen LogP contribution < -0.4 is 0 Å². The average molecular weight is 605 g/mol. The molecule has 2 atom stereocenters. The highest BCUT2D eigenvalue weighted by molar-refractivity contribution is 6.36. The Morgan fingerprint density at radius 3 is 1.26 bits per heavy atom. The van der Waals surface area contributed by atoms with Crippen LogP contribution in [0.3, 0.4) is 0 Å². The Hall–Kier alpha value is -3.84. The molecule has 0 spiro atoms. The van der Waals surface area contributed by atoms with E-state index in [0.29, 0.717) is 22.3 Å². The quantitative estimate of drug-likeness (QED) is 0.152. The molecule has 0 N–H and O–H groups in total. The summed E-state index contributed by atoms with van der Waals surface area (Å²) in [5, 5.41) is 0. The molecular weight excluding hydrogens is 574 g/mol. The Balaban J connectivity index is 1.33. The van der Waals surface area contributed by atoms with Gasteiger partial charge in [-0.05, 0) is 81.6 Å². The minimum Gasteiger partial charge on any atom is -0.166 e. The second-order valence-corrected chi connectivity index (χ2v) is 13.3. The highest BCUT2D eigenvalue weighted by atomic mass is 28.2. The van der Waals surface area contributed by atoms with Crippen molar-refractivity contribution in [1.82, 2.24) is 0 Å². The first-order valence-electron chi connectivity index (χ1n) is 14.4. The van der Waals surface area contributed by atoms with Crippen LogP contribution in [0.25, 0.3) is 34.4 Å². The smallest absolute Gasteiger partial charge is 0.166 e. The molecule has 0 radical (unpaired) electrons. The van der Waals surface area contributed by atoms with Gasteiger partial charge in [0.05, 0.1) is 0 Å². The van der Waals surface area contributed by atoms with Gasteiger partial charge in [-0.3, -0.25) is 0 Å². The van der Waals surface area contributed by atoms with E-state index in [1.54, 1.807) is 12.1 Å². The zero-order chi connectivity index (χ0) is 30.5. The molecule has 0 bridgehead atoms. The molecule has 220 valence electrons. The van der Waals surface area contributed by atoms with Crippen molar-refractivity contribution in [3.63, 3.8) is 0 Å². The third-order valence-corrected chi connectivity index (χ3v) is 10.8. The second-order valence-electron chi connectivity index (χ2n) is 11.5. The zero-order valence-electron chi connectivity index (χ0n) is 23.8. The van der Waals surface area contributed by atoms with Gasteiger partial charge >= 0.3 is 12.4 Å². The van der Waals surface area contributed by atoms with Crippen LogP contribution in [0.1, 0.15) is 45.2 Å². The van der Waals surface area contributed by atoms with Crippen LogP contribution in [0.4, 0.5) is 26.3 Å². The summed E-state index contributed by atoms with van der Waals surface area (Å²) in [6.45, 7) is 3.78. The summed E-state index contributed by atoms with van der Waals surface area (Å²) in [5.41, 5.74) is 6.19. The van der Waals surface area contributed by atoms with E-state index in [-0.39, 0.29) is 12.1 Å². The van der Waals surface area contributed by atoms with E-state index >= 15 is 0 Å². The van der Waals surface area contributed by atoms with E-state index in [2.05, 4.69) is 0 Å². The summed E-state index contributed by atoms with van der Waals surface area (Å²) in [4.78, 5) is 0. The molecule has 6 rings (SSSR count). The number of allylic oxidation sites excluding steroid dienone is 2. The lowest BCUT2D eigenvalue weighted by atomic mass is 9.90. The van der Waals surface area contributed by atoms with Gasteiger partial charge in [0, 0.05) is 32.5 Å². The minimum absolute atomic E-state index is 0.240. The third kappa shape index (κ3) is 5.40. The lowest BCUT2D eigenvalue weighted by Gasteiger charge is -2.23. The molecule has 0 fully saturated rings. The minimum atomic E-state index is -4.53. The first-order valence-corrected chi connectivity index (χ1v) is 16.4. The lowest BCUT2D eigenvalue weighted by Crippen LogP contribution is -2.19. The highest BCUT2D eigenvalue weighted by Gasteiger charge is 2.45. The molecule has 2 unspecified atom stereocenters. The third-order valence-electron chi connectivity index (χ3n) is 8.84. The van der Waals surface area contributed by atoms with Gasteiger partial charge in [-0.1, -0.05) is 97.0 Å². The zero-order valence-corrected chi connectivity index (χ0v) is 25.2. The summed E-state index contributed by atoms with van der Waals surface area (Å²) in [5.74, 6) is -1.75. The molecule has 2 aliphatic rings. The van der Waals surface area contributed by atoms with E-state index in [0.717, 1.165) is 33.4 Å². The molecule has 0 saturated heterocycles. The van der Waals surface area contributed by atoms with Crippen LogP contribution >= 0.6 is 0 Å². The number of fused-ring (bicyclic) bond motifs is 2. The van der Waals surface area contributed by atoms with Gasteiger partial charge in [0.25, 0.3) is 0 Å². The Morgan fingerprint density at radius 1 is 0.535 bits per heavy atom. The SMILES string of the molecule is Cc1ccc2c(c1-c1ccccc1)C=C(C(F)(F)F)C2C[SiH2]CC1C(C(F)(F)F)=Cc2c1ccc(C)c2-c1ccccc1. The van der Waals surface area contributed by atoms with Gasteiger partial charge < -0.3 is 0 Å². The van der Waals surface area contributed by atoms with E-state index in [9.17, 15) is 26.3 Å². The fraction of sp³-hybridized carbons (Fsp3) is 0.222. The summed E-state index contributed by atoms with van der Waals surface area (Å²) in [7, 11) is -1.36. The maximum Gasteiger partial charge on any atom is 0.413 e. The van der Waals surface area contributed by atoms with Crippen LogP contribution in [0.2, 0.25) is 12.1 Å². The number of alkyl halides is 6. The standard InChI is InChI=1S/C36H30F6Si/c1-21-13-15-25-27(33(21)23-9-5-3-6-10-23)17-31(35(37,38)39)29(25)19-43-20-30-26-16-14-22(2)34(24-11-7-4-8-12-24)28(26)18-32(30)36(40,41)42/h3-18,29-30H,19-20,43H2,1-2H3. The monoisotopic (exact) mass is 604 g/mol. The fourth-order valence-corrected chi connectivity index (χ4v) is 9.23. The summed E-state index contributed by atoms with van der Waals surface area (Å²) >= 11 is 0. The molecule has 0 saturated carbocycles. The van der Waals surface area contributed by atoms with Crippen molar-refractivity contribution >= 4 is 21.7 Å². The normalized spacial score (nSPS) is 18.1. The maximum atomic E-state index is 14.4. The van der Waals surface area contributed by atoms with Crippen molar-refractivity contribution in [2.24, 2.45) is 0 Å². The van der Waals surface area contributed by atoms with Crippen molar-refractivity contribution in [1.29, 1.82) is 0 Å². The largest absolute Gasteiger partial charge is 0.413 e. The van der Waals surface area contributed by atoms with Crippen molar-refractivity contribution in [2.75, 3.05) is 0 Å². The molecule has 2 aliphatic carbocycles. The molecule has 4 aromatic rings. The van der Waals surface area contributed by atoms with E-state index in [1.807, 2.05) is 86.6 Å². The first kappa shape index (κ1) is 29.2. The van der Waals surface area contributed by atoms with Crippen LogP contribution in [-0.4, -0.2) is 21.9 Å². The van der Waals surface area contributed by atoms with Gasteiger partial charge in [0.2, 0.25) is 0 Å². The van der Waals surface area contributed by atoms with Crippen molar-refractivity contribution in [3.05, 3.63) is 129 Å². The van der Waals surface area contributed by atoms with Gasteiger partial charge in [0.15, 0.2) is 0 Å². The molecule has 4 aromatic carbocycles. The molecule has 7 heteroatoms. The molecule has 0 amide bonds. The number of halogens is 6. The topological polar surface area (TPSA) is 0 Å². The second kappa shape index (κ2) is 11.0. The molecule has 0 aliphatic heterocycles. The van der Waals surface area contributed by atoms with Gasteiger partial charge in [-0.25, -0.2) is 0 Å². The Bertz CT molecular complexity index is 1600. The number of rotatable bonds is 6. The van der Waals surface area contributed by atoms with Gasteiger partial charge in [0.1, 0.15) is 0 Å². The van der Waals surface area contributed by atoms with Crippen LogP contribution in [0, 0.1) is 13.8 Å². The number of hydrogen-bond acceptors (Lipinski definition) is 0. The average Bonchev–Trinajstić information content (AvgIpc) is 3.53. The number of benzene rings is 4. The summed E-state index contributed by atoms with van der Waals surface area (Å²) < 4.78 is 86.3. The molecule has 0 heterocycles. The predicted octanol–water partition coefficient (Wildman–Crippen LogP) is 10.4. The van der Waals surface area contributed by atoms with Crippen LogP contribution in [0.15, 0.2) is 96.1 Å². The predicted molar refractivity (Wildman–Crippen MR) is 165 cm³/mol. The van der Waals surface area contributed by atoms with Gasteiger partial charge in [-0.15, -0.1) is 0 Å². The number of hydrogen-bond donors (Lipinski definition) is 0. The highest BCUT2D eigenvalue weighted by Crippen LogP contribution is 2.52. The van der Waals surface area contributed by atoms with Crippen LogP contribution in [-0.2, 0) is 0 Å². The van der Waals surface area contributed by atoms with Crippen molar-refractivity contribution < 1.29 is 26.3 Å². The van der Waals surface area contributed by atoms with Crippen LogP contribution in [0.5, 0.6) is 0 Å². The molecule has 43 heavy (non-hydrogen) atoms. The Morgan fingerprint density at radius 2 is 0.907 bits per heavy atom. The molecule has 0 nitrogen and oxygen atoms in total. The van der Waals surface area contributed by atoms with E-state index in [1.165, 1.54) is 12.2 Å². The molecular formula is C36H30F6Si. The number of aryl methyl sites for hydroxylation is 2. The Labute approximate surface area is 249 Å². The maximum absolute atomic E-state index is 14.4. The first-order chi connectivity index (χ1) is 20.4. The summed E-state index contributed by atoms with van der Waals surface area (Å²) in [6.07, 6.45) is -6.52. The van der Waals surface area contributed by atoms with E-state index < -0.39 is 44.9 Å². The summed E-state index contributed by atoms with van der Waals surface area (Å²) in [6, 6.07) is 26.4. The van der Waals surface area contributed by atoms with Crippen molar-refractivity contribution in [2.45, 2.75) is 50.1 Å². The van der Waals surface area contributed by atoms with E-state index in [4.69, 9.17) is 0 Å².